The van der Waals surface area contributed by atoms with Crippen molar-refractivity contribution in [3.8, 4) is 11.5 Å². The lowest BCUT2D eigenvalue weighted by Gasteiger charge is -2.24. The summed E-state index contributed by atoms with van der Waals surface area (Å²) in [5.41, 5.74) is 2.97. The lowest BCUT2D eigenvalue weighted by Crippen LogP contribution is -2.27. The van der Waals surface area contributed by atoms with Crippen molar-refractivity contribution in [3.63, 3.8) is 0 Å². The van der Waals surface area contributed by atoms with Crippen LogP contribution >= 0.6 is 0 Å². The highest BCUT2D eigenvalue weighted by molar-refractivity contribution is 5.60. The summed E-state index contributed by atoms with van der Waals surface area (Å²) in [5.74, 6) is 0.522. The Bertz CT molecular complexity index is 843. The molecule has 3 heterocycles. The van der Waals surface area contributed by atoms with Crippen molar-refractivity contribution in [2.75, 3.05) is 6.54 Å². The number of ether oxygens (including phenoxy) is 1. The molecular formula is C17H16FN3O. The summed E-state index contributed by atoms with van der Waals surface area (Å²) < 4.78 is 21.9. The van der Waals surface area contributed by atoms with E-state index in [-0.39, 0.29) is 17.6 Å². The van der Waals surface area contributed by atoms with E-state index in [1.807, 2.05) is 18.3 Å². The van der Waals surface area contributed by atoms with Crippen LogP contribution in [0.1, 0.15) is 24.1 Å². The molecule has 0 saturated carbocycles. The topological polar surface area (TPSA) is 38.6 Å². The average Bonchev–Trinajstić information content (AvgIpc) is 2.98. The first-order chi connectivity index (χ1) is 10.7. The minimum absolute atomic E-state index is 0.206. The van der Waals surface area contributed by atoms with Crippen LogP contribution in [0.25, 0.3) is 5.52 Å². The van der Waals surface area contributed by atoms with E-state index < -0.39 is 0 Å². The molecule has 0 saturated heterocycles. The minimum Gasteiger partial charge on any atom is -0.452 e. The third kappa shape index (κ3) is 2.14. The zero-order valence-corrected chi connectivity index (χ0v) is 12.2. The van der Waals surface area contributed by atoms with E-state index in [2.05, 4.69) is 17.3 Å². The molecule has 2 aromatic heterocycles. The minimum atomic E-state index is -0.325. The Morgan fingerprint density at radius 3 is 3.14 bits per heavy atom. The molecule has 1 aliphatic heterocycles. The molecule has 112 valence electrons. The maximum absolute atomic E-state index is 14.3. The highest BCUT2D eigenvalue weighted by Gasteiger charge is 2.19. The number of halogens is 1. The Morgan fingerprint density at radius 2 is 2.23 bits per heavy atom. The van der Waals surface area contributed by atoms with Gasteiger partial charge in [-0.1, -0.05) is 0 Å². The van der Waals surface area contributed by atoms with Crippen molar-refractivity contribution < 1.29 is 9.13 Å². The van der Waals surface area contributed by atoms with E-state index >= 15 is 0 Å². The standard InChI is InChI=1S/C17H16FN3O/c1-11-13-10-17(14(18)9-12(13)4-6-19-11)22-16-5-7-20-21-8-2-3-15(16)21/h2-3,5,7-11,19H,4,6H2,1H3. The fourth-order valence-electron chi connectivity index (χ4n) is 2.97. The highest BCUT2D eigenvalue weighted by Crippen LogP contribution is 2.33. The number of nitrogens with zero attached hydrogens (tertiary/aromatic N) is 2. The molecule has 0 radical (unpaired) electrons. The molecule has 22 heavy (non-hydrogen) atoms. The molecule has 1 aliphatic rings. The first kappa shape index (κ1) is 13.3. The van der Waals surface area contributed by atoms with Gasteiger partial charge in [0.15, 0.2) is 17.3 Å². The number of hydrogen-bond acceptors (Lipinski definition) is 3. The van der Waals surface area contributed by atoms with Gasteiger partial charge in [0.1, 0.15) is 5.52 Å². The summed E-state index contributed by atoms with van der Waals surface area (Å²) in [4.78, 5) is 0. The second-order valence-corrected chi connectivity index (χ2v) is 5.54. The molecule has 5 heteroatoms. The predicted molar refractivity (Wildman–Crippen MR) is 81.8 cm³/mol. The van der Waals surface area contributed by atoms with E-state index in [9.17, 15) is 4.39 Å². The number of nitrogens with one attached hydrogen (secondary N) is 1. The fourth-order valence-corrected chi connectivity index (χ4v) is 2.97. The molecule has 1 unspecified atom stereocenters. The van der Waals surface area contributed by atoms with E-state index in [1.165, 1.54) is 0 Å². The Labute approximate surface area is 127 Å². The van der Waals surface area contributed by atoms with Gasteiger partial charge in [-0.25, -0.2) is 8.91 Å². The molecule has 4 nitrogen and oxygen atoms in total. The fraction of sp³-hybridized carbons (Fsp3) is 0.235. The summed E-state index contributed by atoms with van der Waals surface area (Å²) in [7, 11) is 0. The SMILES string of the molecule is CC1NCCc2cc(F)c(Oc3ccnn4cccc34)cc21. The third-order valence-corrected chi connectivity index (χ3v) is 4.12. The second-order valence-electron chi connectivity index (χ2n) is 5.54. The summed E-state index contributed by atoms with van der Waals surface area (Å²) >= 11 is 0. The van der Waals surface area contributed by atoms with Gasteiger partial charge < -0.3 is 10.1 Å². The normalized spacial score (nSPS) is 17.5. The molecule has 4 rings (SSSR count). The van der Waals surface area contributed by atoms with Crippen LogP contribution < -0.4 is 10.1 Å². The Balaban J connectivity index is 1.77. The van der Waals surface area contributed by atoms with Gasteiger partial charge in [0.25, 0.3) is 0 Å². The van der Waals surface area contributed by atoms with E-state index in [0.29, 0.717) is 5.75 Å². The largest absolute Gasteiger partial charge is 0.452 e. The van der Waals surface area contributed by atoms with Crippen molar-refractivity contribution in [1.29, 1.82) is 0 Å². The van der Waals surface area contributed by atoms with Crippen LogP contribution in [0.5, 0.6) is 11.5 Å². The molecule has 1 atom stereocenters. The van der Waals surface area contributed by atoms with Crippen LogP contribution in [0.3, 0.4) is 0 Å². The second kappa shape index (κ2) is 5.10. The molecule has 0 fully saturated rings. The van der Waals surface area contributed by atoms with Crippen molar-refractivity contribution >= 4 is 5.52 Å². The van der Waals surface area contributed by atoms with Crippen molar-refractivity contribution in [1.82, 2.24) is 14.9 Å². The number of aromatic nitrogens is 2. The molecule has 1 aromatic carbocycles. The summed E-state index contributed by atoms with van der Waals surface area (Å²) in [6, 6.07) is 9.13. The van der Waals surface area contributed by atoms with Gasteiger partial charge in [-0.05, 0) is 55.3 Å². The molecule has 0 bridgehead atoms. The highest BCUT2D eigenvalue weighted by atomic mass is 19.1. The first-order valence-corrected chi connectivity index (χ1v) is 7.38. The van der Waals surface area contributed by atoms with Crippen LogP contribution in [0.4, 0.5) is 4.39 Å². The van der Waals surface area contributed by atoms with Crippen LogP contribution in [-0.2, 0) is 6.42 Å². The van der Waals surface area contributed by atoms with E-state index in [1.54, 1.807) is 28.9 Å². The van der Waals surface area contributed by atoms with Crippen molar-refractivity contribution in [2.24, 2.45) is 0 Å². The van der Waals surface area contributed by atoms with Crippen molar-refractivity contribution in [3.05, 3.63) is 59.7 Å². The van der Waals surface area contributed by atoms with Crippen LogP contribution in [0.2, 0.25) is 0 Å². The molecule has 0 spiro atoms. The van der Waals surface area contributed by atoms with Crippen molar-refractivity contribution in [2.45, 2.75) is 19.4 Å². The lowest BCUT2D eigenvalue weighted by atomic mass is 9.95. The summed E-state index contributed by atoms with van der Waals surface area (Å²) in [6.45, 7) is 2.96. The Morgan fingerprint density at radius 1 is 1.32 bits per heavy atom. The van der Waals surface area contributed by atoms with Crippen LogP contribution in [0.15, 0.2) is 42.7 Å². The van der Waals surface area contributed by atoms with Gasteiger partial charge in [0.05, 0.1) is 6.20 Å². The zero-order valence-electron chi connectivity index (χ0n) is 12.2. The van der Waals surface area contributed by atoms with E-state index in [0.717, 1.165) is 29.6 Å². The van der Waals surface area contributed by atoms with Gasteiger partial charge in [-0.2, -0.15) is 5.10 Å². The maximum Gasteiger partial charge on any atom is 0.166 e. The Kier molecular flexibility index (Phi) is 3.08. The number of benzene rings is 1. The van der Waals surface area contributed by atoms with Gasteiger partial charge in [0.2, 0.25) is 0 Å². The zero-order chi connectivity index (χ0) is 15.1. The first-order valence-electron chi connectivity index (χ1n) is 7.38. The lowest BCUT2D eigenvalue weighted by molar-refractivity contribution is 0.437. The van der Waals surface area contributed by atoms with Crippen LogP contribution in [-0.4, -0.2) is 16.2 Å². The van der Waals surface area contributed by atoms with Crippen LogP contribution in [0, 0.1) is 5.82 Å². The number of rotatable bonds is 2. The molecule has 0 amide bonds. The van der Waals surface area contributed by atoms with Gasteiger partial charge in [0, 0.05) is 18.3 Å². The maximum atomic E-state index is 14.3. The predicted octanol–water partition coefficient (Wildman–Crippen LogP) is 3.47. The van der Waals surface area contributed by atoms with Gasteiger partial charge in [-0.15, -0.1) is 0 Å². The molecule has 3 aromatic rings. The molecular weight excluding hydrogens is 281 g/mol. The molecule has 0 aliphatic carbocycles. The Hall–Kier alpha value is -2.40. The number of hydrogen-bond donors (Lipinski definition) is 1. The van der Waals surface area contributed by atoms with Gasteiger partial charge >= 0.3 is 0 Å². The summed E-state index contributed by atoms with van der Waals surface area (Å²) in [5, 5.41) is 7.56. The average molecular weight is 297 g/mol. The quantitative estimate of drug-likeness (QED) is 0.787. The monoisotopic (exact) mass is 297 g/mol. The smallest absolute Gasteiger partial charge is 0.166 e. The third-order valence-electron chi connectivity index (χ3n) is 4.12. The summed E-state index contributed by atoms with van der Waals surface area (Å²) in [6.07, 6.45) is 4.31. The molecule has 1 N–H and O–H groups in total. The number of fused-ring (bicyclic) bond motifs is 2. The van der Waals surface area contributed by atoms with E-state index in [4.69, 9.17) is 4.74 Å². The van der Waals surface area contributed by atoms with Gasteiger partial charge in [-0.3, -0.25) is 0 Å².